The Bertz CT molecular complexity index is 332. The van der Waals surface area contributed by atoms with Crippen molar-refractivity contribution >= 4 is 5.69 Å². The number of rotatable bonds is 0. The molecular formula is C10H10F3N. The average molecular weight is 201 g/mol. The number of alkyl halides is 3. The molecule has 0 aromatic heterocycles. The first-order valence-electron chi connectivity index (χ1n) is 4.48. The Morgan fingerprint density at radius 3 is 2.64 bits per heavy atom. The molecule has 0 saturated carbocycles. The number of anilines is 1. The van der Waals surface area contributed by atoms with Crippen LogP contribution in [0.25, 0.3) is 0 Å². The van der Waals surface area contributed by atoms with Crippen LogP contribution >= 0.6 is 0 Å². The second kappa shape index (κ2) is 3.19. The van der Waals surface area contributed by atoms with E-state index in [1.807, 2.05) is 12.1 Å². The molecule has 2 rings (SSSR count). The Hall–Kier alpha value is -1.19. The highest BCUT2D eigenvalue weighted by Gasteiger charge is 2.40. The van der Waals surface area contributed by atoms with E-state index in [9.17, 15) is 13.2 Å². The molecule has 0 fully saturated rings. The lowest BCUT2D eigenvalue weighted by atomic mass is 9.98. The number of hydrogen-bond acceptors (Lipinski definition) is 1. The van der Waals surface area contributed by atoms with E-state index in [4.69, 9.17) is 0 Å². The van der Waals surface area contributed by atoms with Gasteiger partial charge in [-0.2, -0.15) is 13.2 Å². The summed E-state index contributed by atoms with van der Waals surface area (Å²) in [4.78, 5) is 0. The van der Waals surface area contributed by atoms with Crippen LogP contribution in [0.2, 0.25) is 0 Å². The molecule has 1 nitrogen and oxygen atoms in total. The summed E-state index contributed by atoms with van der Waals surface area (Å²) in [6.07, 6.45) is -3.53. The Morgan fingerprint density at radius 1 is 1.21 bits per heavy atom. The van der Waals surface area contributed by atoms with Crippen molar-refractivity contribution in [3.63, 3.8) is 0 Å². The first kappa shape index (κ1) is 9.37. The maximum atomic E-state index is 12.4. The van der Waals surface area contributed by atoms with Gasteiger partial charge < -0.3 is 5.32 Å². The van der Waals surface area contributed by atoms with Gasteiger partial charge in [0.05, 0.1) is 0 Å². The van der Waals surface area contributed by atoms with Crippen LogP contribution in [0.3, 0.4) is 0 Å². The predicted octanol–water partition coefficient (Wildman–Crippen LogP) is 2.98. The van der Waals surface area contributed by atoms with Crippen LogP contribution in [-0.2, 0) is 6.42 Å². The molecule has 0 spiro atoms. The van der Waals surface area contributed by atoms with Crippen LogP contribution in [0.1, 0.15) is 12.0 Å². The summed E-state index contributed by atoms with van der Waals surface area (Å²) in [5, 5.41) is 2.51. The van der Waals surface area contributed by atoms with Gasteiger partial charge in [-0.05, 0) is 24.5 Å². The summed E-state index contributed by atoms with van der Waals surface area (Å²) in [6, 6.07) is 5.73. The summed E-state index contributed by atoms with van der Waals surface area (Å²) >= 11 is 0. The van der Waals surface area contributed by atoms with Crippen LogP contribution in [-0.4, -0.2) is 12.2 Å². The number of hydrogen-bond donors (Lipinski definition) is 1. The molecule has 0 saturated heterocycles. The highest BCUT2D eigenvalue weighted by Crippen LogP contribution is 2.32. The number of para-hydroxylation sites is 1. The fourth-order valence-corrected chi connectivity index (χ4v) is 1.68. The number of halogens is 3. The van der Waals surface area contributed by atoms with Gasteiger partial charge in [0.25, 0.3) is 0 Å². The monoisotopic (exact) mass is 201 g/mol. The van der Waals surface area contributed by atoms with Crippen LogP contribution in [0, 0.1) is 0 Å². The summed E-state index contributed by atoms with van der Waals surface area (Å²) in [5.41, 5.74) is 1.58. The quantitative estimate of drug-likeness (QED) is 0.680. The van der Waals surface area contributed by atoms with Gasteiger partial charge in [0.2, 0.25) is 0 Å². The molecular weight excluding hydrogens is 191 g/mol. The van der Waals surface area contributed by atoms with E-state index in [0.717, 1.165) is 5.56 Å². The van der Waals surface area contributed by atoms with Gasteiger partial charge in [0, 0.05) is 5.69 Å². The minimum Gasteiger partial charge on any atom is -0.374 e. The molecule has 0 radical (unpaired) electrons. The van der Waals surface area contributed by atoms with Gasteiger partial charge in [-0.3, -0.25) is 0 Å². The van der Waals surface area contributed by atoms with Crippen molar-refractivity contribution in [1.82, 2.24) is 0 Å². The molecule has 76 valence electrons. The number of benzene rings is 1. The minimum atomic E-state index is -4.15. The summed E-state index contributed by atoms with van der Waals surface area (Å²) in [5.74, 6) is 0. The maximum Gasteiger partial charge on any atom is 0.408 e. The molecule has 0 amide bonds. The van der Waals surface area contributed by atoms with Crippen molar-refractivity contribution in [2.75, 3.05) is 5.32 Å². The van der Waals surface area contributed by atoms with Crippen LogP contribution in [0.4, 0.5) is 18.9 Å². The number of nitrogens with one attached hydrogen (secondary N) is 1. The molecule has 1 aliphatic heterocycles. The van der Waals surface area contributed by atoms with Crippen molar-refractivity contribution in [2.45, 2.75) is 25.1 Å². The normalized spacial score (nSPS) is 21.2. The Kier molecular flexibility index (Phi) is 2.13. The zero-order chi connectivity index (χ0) is 10.2. The highest BCUT2D eigenvalue weighted by atomic mass is 19.4. The molecule has 0 aliphatic carbocycles. The van der Waals surface area contributed by atoms with E-state index in [2.05, 4.69) is 5.32 Å². The molecule has 1 aromatic rings. The molecule has 4 heteroatoms. The van der Waals surface area contributed by atoms with Gasteiger partial charge in [0.15, 0.2) is 0 Å². The maximum absolute atomic E-state index is 12.4. The Labute approximate surface area is 79.9 Å². The van der Waals surface area contributed by atoms with Crippen molar-refractivity contribution in [3.05, 3.63) is 29.8 Å². The third kappa shape index (κ3) is 1.69. The number of aryl methyl sites for hydroxylation is 1. The van der Waals surface area contributed by atoms with Gasteiger partial charge in [0.1, 0.15) is 6.04 Å². The summed E-state index contributed by atoms with van der Waals surface area (Å²) < 4.78 is 37.1. The first-order chi connectivity index (χ1) is 6.57. The van der Waals surface area contributed by atoms with Crippen LogP contribution in [0.15, 0.2) is 24.3 Å². The van der Waals surface area contributed by atoms with Gasteiger partial charge >= 0.3 is 6.18 Å². The summed E-state index contributed by atoms with van der Waals surface area (Å²) in [7, 11) is 0. The van der Waals surface area contributed by atoms with E-state index < -0.39 is 12.2 Å². The lowest BCUT2D eigenvalue weighted by Crippen LogP contribution is -2.39. The van der Waals surface area contributed by atoms with Crippen LogP contribution in [0.5, 0.6) is 0 Å². The van der Waals surface area contributed by atoms with Crippen molar-refractivity contribution in [3.8, 4) is 0 Å². The molecule has 1 heterocycles. The summed E-state index contributed by atoms with van der Waals surface area (Å²) in [6.45, 7) is 0. The Morgan fingerprint density at radius 2 is 1.93 bits per heavy atom. The zero-order valence-electron chi connectivity index (χ0n) is 7.43. The van der Waals surface area contributed by atoms with Crippen molar-refractivity contribution < 1.29 is 13.2 Å². The molecule has 1 atom stereocenters. The van der Waals surface area contributed by atoms with Gasteiger partial charge in [-0.25, -0.2) is 0 Å². The number of fused-ring (bicyclic) bond motifs is 1. The highest BCUT2D eigenvalue weighted by molar-refractivity contribution is 5.53. The van der Waals surface area contributed by atoms with Gasteiger partial charge in [-0.15, -0.1) is 0 Å². The second-order valence-electron chi connectivity index (χ2n) is 3.43. The molecule has 0 unspecified atom stereocenters. The lowest BCUT2D eigenvalue weighted by Gasteiger charge is -2.28. The molecule has 14 heavy (non-hydrogen) atoms. The lowest BCUT2D eigenvalue weighted by molar-refractivity contribution is -0.144. The first-order valence-corrected chi connectivity index (χ1v) is 4.48. The SMILES string of the molecule is FC(F)(F)[C@H]1CCc2ccccc2N1. The third-order valence-corrected chi connectivity index (χ3v) is 2.44. The van der Waals surface area contributed by atoms with Crippen molar-refractivity contribution in [1.29, 1.82) is 0 Å². The van der Waals surface area contributed by atoms with Crippen molar-refractivity contribution in [2.24, 2.45) is 0 Å². The fraction of sp³-hybridized carbons (Fsp3) is 0.400. The van der Waals surface area contributed by atoms with E-state index in [1.165, 1.54) is 0 Å². The van der Waals surface area contributed by atoms with E-state index in [-0.39, 0.29) is 6.42 Å². The van der Waals surface area contributed by atoms with Crippen LogP contribution < -0.4 is 5.32 Å². The average Bonchev–Trinajstić information content (AvgIpc) is 2.16. The standard InChI is InChI=1S/C10H10F3N/c11-10(12,13)9-6-5-7-3-1-2-4-8(7)14-9/h1-4,9,14H,5-6H2/t9-/m1/s1. The zero-order valence-corrected chi connectivity index (χ0v) is 7.43. The fourth-order valence-electron chi connectivity index (χ4n) is 1.68. The largest absolute Gasteiger partial charge is 0.408 e. The Balaban J connectivity index is 2.22. The molecule has 0 bridgehead atoms. The topological polar surface area (TPSA) is 12.0 Å². The van der Waals surface area contributed by atoms with Gasteiger partial charge in [-0.1, -0.05) is 18.2 Å². The van der Waals surface area contributed by atoms with E-state index in [1.54, 1.807) is 12.1 Å². The molecule has 1 N–H and O–H groups in total. The minimum absolute atomic E-state index is 0.126. The second-order valence-corrected chi connectivity index (χ2v) is 3.43. The molecule has 1 aliphatic rings. The molecule has 1 aromatic carbocycles. The predicted molar refractivity (Wildman–Crippen MR) is 48.2 cm³/mol. The third-order valence-electron chi connectivity index (χ3n) is 2.44. The van der Waals surface area contributed by atoms with E-state index >= 15 is 0 Å². The smallest absolute Gasteiger partial charge is 0.374 e. The van der Waals surface area contributed by atoms with E-state index in [0.29, 0.717) is 12.1 Å².